The average Bonchev–Trinajstić information content (AvgIpc) is 3.19. The molecule has 7 heteroatoms. The first-order chi connectivity index (χ1) is 14.0. The van der Waals surface area contributed by atoms with Crippen molar-refractivity contribution in [2.24, 2.45) is 0 Å². The second-order valence-electron chi connectivity index (χ2n) is 7.80. The van der Waals surface area contributed by atoms with Crippen molar-refractivity contribution in [3.8, 4) is 11.3 Å². The fraction of sp³-hybridized carbons (Fsp3) is 0.409. The highest BCUT2D eigenvalue weighted by Gasteiger charge is 2.27. The molecule has 0 unspecified atom stereocenters. The van der Waals surface area contributed by atoms with E-state index in [-0.39, 0.29) is 17.7 Å². The van der Waals surface area contributed by atoms with Crippen LogP contribution in [-0.2, 0) is 0 Å². The van der Waals surface area contributed by atoms with E-state index in [1.54, 1.807) is 12.3 Å². The molecule has 3 aromatic heterocycles. The van der Waals surface area contributed by atoms with E-state index in [1.165, 1.54) is 0 Å². The van der Waals surface area contributed by atoms with Crippen molar-refractivity contribution >= 4 is 5.91 Å². The molecule has 4 heterocycles. The Kier molecular flexibility index (Phi) is 5.38. The molecule has 150 valence electrons. The summed E-state index contributed by atoms with van der Waals surface area (Å²) in [6.07, 6.45) is 5.19. The van der Waals surface area contributed by atoms with Crippen LogP contribution in [0.1, 0.15) is 66.2 Å². The third-order valence-corrected chi connectivity index (χ3v) is 5.31. The molecule has 1 saturated heterocycles. The molecule has 3 aromatic rings. The van der Waals surface area contributed by atoms with Crippen molar-refractivity contribution in [2.75, 3.05) is 13.1 Å². The molecule has 0 radical (unpaired) electrons. The Bertz CT molecular complexity index is 991. The summed E-state index contributed by atoms with van der Waals surface area (Å²) in [7, 11) is 0. The number of rotatable bonds is 4. The Morgan fingerprint density at radius 3 is 2.62 bits per heavy atom. The normalized spacial score (nSPS) is 15.1. The molecule has 0 spiro atoms. The van der Waals surface area contributed by atoms with Gasteiger partial charge in [0.2, 0.25) is 0 Å². The van der Waals surface area contributed by atoms with Crippen LogP contribution in [0.25, 0.3) is 11.3 Å². The van der Waals surface area contributed by atoms with Gasteiger partial charge in [0.25, 0.3) is 5.91 Å². The first-order valence-corrected chi connectivity index (χ1v) is 10.0. The van der Waals surface area contributed by atoms with E-state index in [2.05, 4.69) is 29.0 Å². The minimum Gasteiger partial charge on any atom is -0.356 e. The molecule has 4 rings (SSSR count). The van der Waals surface area contributed by atoms with Gasteiger partial charge >= 0.3 is 0 Å². The molecule has 1 fully saturated rings. The number of hydrogen-bond acceptors (Lipinski definition) is 6. The maximum atomic E-state index is 12.6. The van der Waals surface area contributed by atoms with Crippen LogP contribution < -0.4 is 0 Å². The Labute approximate surface area is 170 Å². The molecule has 1 aliphatic rings. The van der Waals surface area contributed by atoms with Gasteiger partial charge in [-0.05, 0) is 37.8 Å². The van der Waals surface area contributed by atoms with Gasteiger partial charge < -0.3 is 9.42 Å². The molecule has 29 heavy (non-hydrogen) atoms. The zero-order valence-electron chi connectivity index (χ0n) is 17.0. The van der Waals surface area contributed by atoms with E-state index in [1.807, 2.05) is 36.2 Å². The lowest BCUT2D eigenvalue weighted by Gasteiger charge is -2.31. The number of aryl methyl sites for hydroxylation is 1. The van der Waals surface area contributed by atoms with Gasteiger partial charge in [0.05, 0.1) is 17.0 Å². The molecule has 0 atom stereocenters. The standard InChI is InChI=1S/C22H25N5O2/c1-14(2)20-17(19-12-15(3)26-29-19)13-24-21(25-20)16-7-10-27(11-8-16)22(28)18-6-4-5-9-23-18/h4-6,9,12-14,16H,7-8,10-11H2,1-3H3. The lowest BCUT2D eigenvalue weighted by Crippen LogP contribution is -2.38. The molecule has 1 aliphatic heterocycles. The predicted molar refractivity (Wildman–Crippen MR) is 108 cm³/mol. The van der Waals surface area contributed by atoms with Crippen molar-refractivity contribution in [1.29, 1.82) is 0 Å². The van der Waals surface area contributed by atoms with Crippen LogP contribution in [0, 0.1) is 6.92 Å². The van der Waals surface area contributed by atoms with Gasteiger partial charge in [0, 0.05) is 37.5 Å². The number of carbonyl (C=O) groups is 1. The van der Waals surface area contributed by atoms with Crippen LogP contribution in [0.5, 0.6) is 0 Å². The van der Waals surface area contributed by atoms with Crippen molar-refractivity contribution < 1.29 is 9.32 Å². The summed E-state index contributed by atoms with van der Waals surface area (Å²) in [5.74, 6) is 2.02. The van der Waals surface area contributed by atoms with Crippen molar-refractivity contribution in [3.63, 3.8) is 0 Å². The highest BCUT2D eigenvalue weighted by molar-refractivity contribution is 5.92. The first kappa shape index (κ1) is 19.2. The molecule has 0 aromatic carbocycles. The minimum absolute atomic E-state index is 0.0103. The quantitative estimate of drug-likeness (QED) is 0.669. The van der Waals surface area contributed by atoms with Gasteiger partial charge in [0.15, 0.2) is 5.76 Å². The van der Waals surface area contributed by atoms with Gasteiger partial charge in [-0.15, -0.1) is 0 Å². The summed E-state index contributed by atoms with van der Waals surface area (Å²) in [6, 6.07) is 7.32. The van der Waals surface area contributed by atoms with E-state index in [0.29, 0.717) is 24.5 Å². The van der Waals surface area contributed by atoms with E-state index < -0.39 is 0 Å². The highest BCUT2D eigenvalue weighted by atomic mass is 16.5. The maximum absolute atomic E-state index is 12.6. The van der Waals surface area contributed by atoms with Gasteiger partial charge in [-0.3, -0.25) is 9.78 Å². The number of nitrogens with zero attached hydrogens (tertiary/aromatic N) is 5. The molecule has 7 nitrogen and oxygen atoms in total. The first-order valence-electron chi connectivity index (χ1n) is 10.0. The number of likely N-dealkylation sites (tertiary alicyclic amines) is 1. The fourth-order valence-electron chi connectivity index (χ4n) is 3.72. The summed E-state index contributed by atoms with van der Waals surface area (Å²) in [6.45, 7) is 7.50. The van der Waals surface area contributed by atoms with Gasteiger partial charge in [-0.1, -0.05) is 25.1 Å². The zero-order chi connectivity index (χ0) is 20.4. The Balaban J connectivity index is 1.50. The Morgan fingerprint density at radius 2 is 2.00 bits per heavy atom. The van der Waals surface area contributed by atoms with Crippen LogP contribution in [-0.4, -0.2) is 44.0 Å². The maximum Gasteiger partial charge on any atom is 0.272 e. The summed E-state index contributed by atoms with van der Waals surface area (Å²) < 4.78 is 5.43. The number of carbonyl (C=O) groups excluding carboxylic acids is 1. The van der Waals surface area contributed by atoms with E-state index in [4.69, 9.17) is 9.51 Å². The van der Waals surface area contributed by atoms with Crippen LogP contribution >= 0.6 is 0 Å². The molecule has 1 amide bonds. The minimum atomic E-state index is -0.0103. The zero-order valence-corrected chi connectivity index (χ0v) is 17.0. The molecule has 0 bridgehead atoms. The van der Waals surface area contributed by atoms with Crippen LogP contribution in [0.3, 0.4) is 0 Å². The second-order valence-corrected chi connectivity index (χ2v) is 7.80. The Morgan fingerprint density at radius 1 is 1.21 bits per heavy atom. The highest BCUT2D eigenvalue weighted by Crippen LogP contribution is 2.31. The second kappa shape index (κ2) is 8.11. The third kappa shape index (κ3) is 4.04. The summed E-state index contributed by atoms with van der Waals surface area (Å²) >= 11 is 0. The summed E-state index contributed by atoms with van der Waals surface area (Å²) in [4.78, 5) is 28.2. The number of hydrogen-bond donors (Lipinski definition) is 0. The molecular formula is C22H25N5O2. The fourth-order valence-corrected chi connectivity index (χ4v) is 3.72. The summed E-state index contributed by atoms with van der Waals surface area (Å²) in [5.41, 5.74) is 3.20. The number of aromatic nitrogens is 4. The van der Waals surface area contributed by atoms with Crippen LogP contribution in [0.2, 0.25) is 0 Å². The summed E-state index contributed by atoms with van der Waals surface area (Å²) in [5, 5.41) is 3.98. The smallest absolute Gasteiger partial charge is 0.272 e. The Hall–Kier alpha value is -3.09. The number of amides is 1. The lowest BCUT2D eigenvalue weighted by atomic mass is 9.94. The SMILES string of the molecule is Cc1cc(-c2cnc(C3CCN(C(=O)c4ccccn4)CC3)nc2C(C)C)on1. The molecular weight excluding hydrogens is 366 g/mol. The van der Waals surface area contributed by atoms with Crippen molar-refractivity contribution in [3.05, 3.63) is 59.6 Å². The molecule has 0 aliphatic carbocycles. The van der Waals surface area contributed by atoms with Gasteiger partial charge in [0.1, 0.15) is 11.5 Å². The van der Waals surface area contributed by atoms with Crippen molar-refractivity contribution in [1.82, 2.24) is 25.0 Å². The van der Waals surface area contributed by atoms with Gasteiger partial charge in [-0.25, -0.2) is 9.97 Å². The average molecular weight is 391 g/mol. The largest absolute Gasteiger partial charge is 0.356 e. The monoisotopic (exact) mass is 391 g/mol. The van der Waals surface area contributed by atoms with Crippen LogP contribution in [0.15, 0.2) is 41.2 Å². The number of piperidine rings is 1. The van der Waals surface area contributed by atoms with E-state index in [0.717, 1.165) is 35.6 Å². The third-order valence-electron chi connectivity index (χ3n) is 5.31. The van der Waals surface area contributed by atoms with E-state index in [9.17, 15) is 4.79 Å². The van der Waals surface area contributed by atoms with Gasteiger partial charge in [-0.2, -0.15) is 0 Å². The molecule has 0 saturated carbocycles. The lowest BCUT2D eigenvalue weighted by molar-refractivity contribution is 0.0705. The predicted octanol–water partition coefficient (Wildman–Crippen LogP) is 3.98. The van der Waals surface area contributed by atoms with Crippen molar-refractivity contribution in [2.45, 2.75) is 45.4 Å². The molecule has 0 N–H and O–H groups in total. The topological polar surface area (TPSA) is 85.0 Å². The number of pyridine rings is 1. The van der Waals surface area contributed by atoms with E-state index >= 15 is 0 Å². The van der Waals surface area contributed by atoms with Crippen LogP contribution in [0.4, 0.5) is 0 Å².